The lowest BCUT2D eigenvalue weighted by molar-refractivity contribution is -0.160. The van der Waals surface area contributed by atoms with Gasteiger partial charge in [0.2, 0.25) is 11.8 Å². The van der Waals surface area contributed by atoms with Crippen LogP contribution in [0.3, 0.4) is 0 Å². The quantitative estimate of drug-likeness (QED) is 0.693. The van der Waals surface area contributed by atoms with Crippen molar-refractivity contribution in [3.63, 3.8) is 0 Å². The molecule has 1 aromatic rings. The Bertz CT molecular complexity index is 704. The molecule has 0 spiro atoms. The van der Waals surface area contributed by atoms with Gasteiger partial charge in [0.25, 0.3) is 0 Å². The van der Waals surface area contributed by atoms with Gasteiger partial charge in [-0.1, -0.05) is 0 Å². The van der Waals surface area contributed by atoms with E-state index in [1.165, 1.54) is 6.20 Å². The maximum Gasteiger partial charge on any atom is 0.345 e. The summed E-state index contributed by atoms with van der Waals surface area (Å²) in [5.74, 6) is -0.602. The molecule has 28 heavy (non-hydrogen) atoms. The van der Waals surface area contributed by atoms with E-state index >= 15 is 0 Å². The number of carbonyl (C=O) groups is 2. The molecule has 2 atom stereocenters. The Morgan fingerprint density at radius 3 is 2.57 bits per heavy atom. The normalized spacial score (nSPS) is 19.4. The second-order valence-electron chi connectivity index (χ2n) is 7.40. The van der Waals surface area contributed by atoms with Crippen LogP contribution in [0.25, 0.3) is 0 Å². The number of esters is 2. The van der Waals surface area contributed by atoms with E-state index in [9.17, 15) is 9.59 Å². The first-order valence-corrected chi connectivity index (χ1v) is 9.55. The smallest absolute Gasteiger partial charge is 0.345 e. The van der Waals surface area contributed by atoms with Gasteiger partial charge in [-0.05, 0) is 48.1 Å². The fourth-order valence-corrected chi connectivity index (χ4v) is 3.09. The molecule has 1 aromatic heterocycles. The highest BCUT2D eigenvalue weighted by Gasteiger charge is 2.41. The monoisotopic (exact) mass is 394 g/mol. The molecule has 0 radical (unpaired) electrons. The predicted octanol–water partition coefficient (Wildman–Crippen LogP) is 1.77. The number of rotatable bonds is 7. The van der Waals surface area contributed by atoms with E-state index < -0.39 is 11.6 Å². The van der Waals surface area contributed by atoms with Gasteiger partial charge >= 0.3 is 11.9 Å². The van der Waals surface area contributed by atoms with Crippen LogP contribution in [0.5, 0.6) is 5.88 Å². The van der Waals surface area contributed by atoms with Crippen LogP contribution >= 0.6 is 0 Å². The van der Waals surface area contributed by atoms with Crippen LogP contribution in [-0.2, 0) is 14.3 Å². The maximum absolute atomic E-state index is 12.6. The third-order valence-electron chi connectivity index (χ3n) is 4.18. The number of nitrogens with one attached hydrogen (secondary N) is 1. The number of hydrogen-bond acceptors (Lipinski definition) is 9. The van der Waals surface area contributed by atoms with Gasteiger partial charge in [0.15, 0.2) is 0 Å². The van der Waals surface area contributed by atoms with Crippen molar-refractivity contribution in [3.8, 4) is 5.88 Å². The Labute approximate surface area is 165 Å². The van der Waals surface area contributed by atoms with Crippen LogP contribution in [0.15, 0.2) is 6.20 Å². The van der Waals surface area contributed by atoms with Gasteiger partial charge in [0.1, 0.15) is 11.2 Å². The standard InChI is InChI=1S/C19H30N4O5/c1-7-26-15-13(16(24)27-8-2)11-21-18(22-15)23-10-9-12(14(23)20-6)17(25)28-19(3,4)5/h11-12,14,20H,7-10H2,1-6H3/t12-,14?/m0/s1. The Morgan fingerprint density at radius 1 is 1.29 bits per heavy atom. The fraction of sp³-hybridized carbons (Fsp3) is 0.684. The van der Waals surface area contributed by atoms with Crippen molar-refractivity contribution in [2.75, 3.05) is 31.7 Å². The van der Waals surface area contributed by atoms with Crippen LogP contribution < -0.4 is 15.0 Å². The molecule has 9 nitrogen and oxygen atoms in total. The number of ether oxygens (including phenoxy) is 3. The van der Waals surface area contributed by atoms with E-state index in [1.54, 1.807) is 14.0 Å². The van der Waals surface area contributed by atoms with E-state index in [1.807, 2.05) is 32.6 Å². The molecule has 156 valence electrons. The highest BCUT2D eigenvalue weighted by Crippen LogP contribution is 2.30. The number of carbonyl (C=O) groups excluding carboxylic acids is 2. The van der Waals surface area contributed by atoms with Gasteiger partial charge in [0, 0.05) is 6.54 Å². The van der Waals surface area contributed by atoms with Crippen molar-refractivity contribution in [3.05, 3.63) is 11.8 Å². The van der Waals surface area contributed by atoms with Crippen LogP contribution in [0.2, 0.25) is 0 Å². The lowest BCUT2D eigenvalue weighted by Crippen LogP contribution is -2.47. The molecular formula is C19H30N4O5. The van der Waals surface area contributed by atoms with Crippen LogP contribution in [0.1, 0.15) is 51.4 Å². The molecular weight excluding hydrogens is 364 g/mol. The summed E-state index contributed by atoms with van der Waals surface area (Å²) >= 11 is 0. The average Bonchev–Trinajstić information content (AvgIpc) is 3.05. The molecule has 1 N–H and O–H groups in total. The molecule has 1 saturated heterocycles. The summed E-state index contributed by atoms with van der Waals surface area (Å²) in [6, 6.07) is 0. The minimum Gasteiger partial charge on any atom is -0.477 e. The zero-order chi connectivity index (χ0) is 20.9. The molecule has 2 rings (SSSR count). The third kappa shape index (κ3) is 5.09. The molecule has 0 bridgehead atoms. The lowest BCUT2D eigenvalue weighted by Gasteiger charge is -2.29. The highest BCUT2D eigenvalue weighted by molar-refractivity contribution is 5.91. The Kier molecular flexibility index (Phi) is 7.17. The summed E-state index contributed by atoms with van der Waals surface area (Å²) < 4.78 is 16.1. The van der Waals surface area contributed by atoms with Crippen molar-refractivity contribution >= 4 is 17.9 Å². The van der Waals surface area contributed by atoms with Crippen molar-refractivity contribution in [2.45, 2.75) is 52.8 Å². The lowest BCUT2D eigenvalue weighted by atomic mass is 10.1. The summed E-state index contributed by atoms with van der Waals surface area (Å²) in [5, 5.41) is 3.15. The topological polar surface area (TPSA) is 103 Å². The third-order valence-corrected chi connectivity index (χ3v) is 4.18. The van der Waals surface area contributed by atoms with Gasteiger partial charge in [0.05, 0.1) is 31.5 Å². The number of nitrogens with zero attached hydrogens (tertiary/aromatic N) is 3. The highest BCUT2D eigenvalue weighted by atomic mass is 16.6. The molecule has 1 fully saturated rings. The van der Waals surface area contributed by atoms with E-state index in [-0.39, 0.29) is 36.1 Å². The summed E-state index contributed by atoms with van der Waals surface area (Å²) in [4.78, 5) is 35.3. The summed E-state index contributed by atoms with van der Waals surface area (Å²) in [6.45, 7) is 10.2. The van der Waals surface area contributed by atoms with Gasteiger partial charge in [-0.25, -0.2) is 9.78 Å². The minimum absolute atomic E-state index is 0.168. The zero-order valence-corrected chi connectivity index (χ0v) is 17.4. The Hall–Kier alpha value is -2.42. The number of hydrogen-bond donors (Lipinski definition) is 1. The van der Waals surface area contributed by atoms with Gasteiger partial charge in [-0.2, -0.15) is 4.98 Å². The molecule has 1 aliphatic heterocycles. The largest absolute Gasteiger partial charge is 0.477 e. The van der Waals surface area contributed by atoms with Crippen molar-refractivity contribution < 1.29 is 23.8 Å². The first-order chi connectivity index (χ1) is 13.2. The van der Waals surface area contributed by atoms with E-state index in [4.69, 9.17) is 14.2 Å². The molecule has 0 aromatic carbocycles. The van der Waals surface area contributed by atoms with Crippen LogP contribution in [0.4, 0.5) is 5.95 Å². The molecule has 0 saturated carbocycles. The predicted molar refractivity (Wildman–Crippen MR) is 103 cm³/mol. The van der Waals surface area contributed by atoms with E-state index in [2.05, 4.69) is 15.3 Å². The average molecular weight is 394 g/mol. The van der Waals surface area contributed by atoms with Crippen molar-refractivity contribution in [2.24, 2.45) is 5.92 Å². The fourth-order valence-electron chi connectivity index (χ4n) is 3.09. The number of aromatic nitrogens is 2. The molecule has 1 aliphatic rings. The van der Waals surface area contributed by atoms with Crippen molar-refractivity contribution in [1.29, 1.82) is 0 Å². The maximum atomic E-state index is 12.6. The SMILES string of the molecule is CCOC(=O)c1cnc(N2CC[C@H](C(=O)OC(C)(C)C)C2NC)nc1OCC. The Balaban J connectivity index is 2.27. The molecule has 0 amide bonds. The van der Waals surface area contributed by atoms with Gasteiger partial charge in [-0.3, -0.25) is 10.1 Å². The van der Waals surface area contributed by atoms with Crippen LogP contribution in [0, 0.1) is 5.92 Å². The van der Waals surface area contributed by atoms with Gasteiger partial charge < -0.3 is 19.1 Å². The summed E-state index contributed by atoms with van der Waals surface area (Å²) in [7, 11) is 1.77. The second kappa shape index (κ2) is 9.18. The van der Waals surface area contributed by atoms with E-state index in [0.717, 1.165) is 0 Å². The molecule has 9 heteroatoms. The summed E-state index contributed by atoms with van der Waals surface area (Å²) in [6.07, 6.45) is 1.68. The Morgan fingerprint density at radius 2 is 2.00 bits per heavy atom. The second-order valence-corrected chi connectivity index (χ2v) is 7.40. The minimum atomic E-state index is -0.553. The van der Waals surface area contributed by atoms with E-state index in [0.29, 0.717) is 25.5 Å². The molecule has 1 unspecified atom stereocenters. The molecule has 0 aliphatic carbocycles. The van der Waals surface area contributed by atoms with Gasteiger partial charge in [-0.15, -0.1) is 0 Å². The van der Waals surface area contributed by atoms with Crippen LogP contribution in [-0.4, -0.2) is 60.5 Å². The zero-order valence-electron chi connectivity index (χ0n) is 17.4. The van der Waals surface area contributed by atoms with Crippen molar-refractivity contribution in [1.82, 2.24) is 15.3 Å². The first-order valence-electron chi connectivity index (χ1n) is 9.55. The molecule has 2 heterocycles. The summed E-state index contributed by atoms with van der Waals surface area (Å²) in [5.41, 5.74) is -0.376. The first kappa shape index (κ1) is 21.9. The number of anilines is 1.